The summed E-state index contributed by atoms with van der Waals surface area (Å²) in [5, 5.41) is 3.28. The van der Waals surface area contributed by atoms with Crippen LogP contribution in [-0.4, -0.2) is 37.5 Å². The Morgan fingerprint density at radius 3 is 2.56 bits per heavy atom. The molecule has 3 atom stereocenters. The van der Waals surface area contributed by atoms with E-state index >= 15 is 0 Å². The van der Waals surface area contributed by atoms with Crippen LogP contribution >= 0.6 is 0 Å². The van der Waals surface area contributed by atoms with E-state index in [0.717, 1.165) is 18.5 Å². The SMILES string of the molecule is CCCCOc1ccccc1[C@@H]1C(C(=O)OC(C)C)=C(C)NC2=C1C(=O)[C@@H](C(=O)OC)[C@H](C)C2. The van der Waals surface area contributed by atoms with Crippen LogP contribution in [0.3, 0.4) is 0 Å². The van der Waals surface area contributed by atoms with Gasteiger partial charge in [-0.05, 0) is 45.6 Å². The number of hydrogen-bond donors (Lipinski definition) is 1. The van der Waals surface area contributed by atoms with Gasteiger partial charge in [0, 0.05) is 22.5 Å². The largest absolute Gasteiger partial charge is 0.493 e. The monoisotopic (exact) mass is 469 g/mol. The molecule has 0 fully saturated rings. The van der Waals surface area contributed by atoms with Crippen molar-refractivity contribution in [2.75, 3.05) is 13.7 Å². The zero-order chi connectivity index (χ0) is 25.0. The van der Waals surface area contributed by atoms with Crippen LogP contribution in [0.2, 0.25) is 0 Å². The fourth-order valence-electron chi connectivity index (χ4n) is 4.72. The number of benzene rings is 1. The number of nitrogens with one attached hydrogen (secondary N) is 1. The lowest BCUT2D eigenvalue weighted by Gasteiger charge is -2.38. The van der Waals surface area contributed by atoms with E-state index in [1.54, 1.807) is 13.8 Å². The summed E-state index contributed by atoms with van der Waals surface area (Å²) in [4.78, 5) is 39.7. The van der Waals surface area contributed by atoms with Gasteiger partial charge in [0.1, 0.15) is 11.7 Å². The highest BCUT2D eigenvalue weighted by Crippen LogP contribution is 2.47. The second-order valence-electron chi connectivity index (χ2n) is 9.23. The molecular weight excluding hydrogens is 434 g/mol. The van der Waals surface area contributed by atoms with E-state index in [9.17, 15) is 14.4 Å². The third-order valence-corrected chi connectivity index (χ3v) is 6.29. The van der Waals surface area contributed by atoms with Gasteiger partial charge in [-0.3, -0.25) is 9.59 Å². The summed E-state index contributed by atoms with van der Waals surface area (Å²) in [6.45, 7) is 9.85. The smallest absolute Gasteiger partial charge is 0.337 e. The van der Waals surface area contributed by atoms with Crippen LogP contribution in [-0.2, 0) is 23.9 Å². The van der Waals surface area contributed by atoms with Crippen LogP contribution in [0.25, 0.3) is 0 Å². The van der Waals surface area contributed by atoms with E-state index in [1.165, 1.54) is 7.11 Å². The van der Waals surface area contributed by atoms with Gasteiger partial charge in [-0.2, -0.15) is 0 Å². The molecule has 1 aromatic carbocycles. The Morgan fingerprint density at radius 1 is 1.21 bits per heavy atom. The predicted molar refractivity (Wildman–Crippen MR) is 128 cm³/mol. The van der Waals surface area contributed by atoms with Crippen molar-refractivity contribution in [2.45, 2.75) is 65.9 Å². The Labute approximate surface area is 201 Å². The van der Waals surface area contributed by atoms with Crippen molar-refractivity contribution in [1.82, 2.24) is 5.32 Å². The van der Waals surface area contributed by atoms with E-state index in [2.05, 4.69) is 12.2 Å². The number of unbranched alkanes of at least 4 members (excludes halogenated alkanes) is 1. The lowest BCUT2D eigenvalue weighted by atomic mass is 9.69. The number of esters is 2. The van der Waals surface area contributed by atoms with Gasteiger partial charge in [-0.25, -0.2) is 4.79 Å². The second-order valence-corrected chi connectivity index (χ2v) is 9.23. The second kappa shape index (κ2) is 10.9. The van der Waals surface area contributed by atoms with Gasteiger partial charge in [-0.15, -0.1) is 0 Å². The maximum absolute atomic E-state index is 13.8. The first kappa shape index (κ1) is 25.5. The van der Waals surface area contributed by atoms with E-state index in [-0.39, 0.29) is 17.8 Å². The van der Waals surface area contributed by atoms with Crippen LogP contribution < -0.4 is 10.1 Å². The number of para-hydroxylation sites is 1. The number of rotatable bonds is 8. The highest BCUT2D eigenvalue weighted by Gasteiger charge is 2.47. The van der Waals surface area contributed by atoms with Crippen molar-refractivity contribution < 1.29 is 28.6 Å². The average Bonchev–Trinajstić information content (AvgIpc) is 2.77. The number of carbonyl (C=O) groups is 3. The minimum atomic E-state index is -0.929. The standard InChI is InChI=1S/C27H35NO6/c1-7-8-13-33-20-12-10-9-11-18(20)23-22(27(31)34-15(2)3)17(5)28-19-14-16(4)21(26(30)32-6)25(29)24(19)23/h9-12,15-16,21,23,28H,7-8,13-14H2,1-6H3/t16-,21+,23-/m1/s1. The first-order valence-corrected chi connectivity index (χ1v) is 12.0. The van der Waals surface area contributed by atoms with Gasteiger partial charge < -0.3 is 19.5 Å². The molecule has 7 nitrogen and oxygen atoms in total. The summed E-state index contributed by atoms with van der Waals surface area (Å²) in [6, 6.07) is 7.45. The average molecular weight is 470 g/mol. The van der Waals surface area contributed by atoms with Gasteiger partial charge in [0.15, 0.2) is 5.78 Å². The summed E-state index contributed by atoms with van der Waals surface area (Å²) in [6.07, 6.45) is 2.02. The molecule has 184 valence electrons. The molecule has 0 unspecified atom stereocenters. The summed E-state index contributed by atoms with van der Waals surface area (Å²) >= 11 is 0. The Balaban J connectivity index is 2.19. The number of ketones is 1. The Hall–Kier alpha value is -3.09. The van der Waals surface area contributed by atoms with Crippen LogP contribution in [0, 0.1) is 11.8 Å². The van der Waals surface area contributed by atoms with Gasteiger partial charge in [0.05, 0.1) is 31.3 Å². The number of carbonyl (C=O) groups excluding carboxylic acids is 3. The maximum atomic E-state index is 13.8. The lowest BCUT2D eigenvalue weighted by Crippen LogP contribution is -2.43. The third-order valence-electron chi connectivity index (χ3n) is 6.29. The number of methoxy groups -OCH3 is 1. The molecule has 0 radical (unpaired) electrons. The van der Waals surface area contributed by atoms with Crippen LogP contribution in [0.5, 0.6) is 5.75 Å². The number of allylic oxidation sites excluding steroid dienone is 3. The van der Waals surface area contributed by atoms with Crippen molar-refractivity contribution in [2.24, 2.45) is 11.8 Å². The maximum Gasteiger partial charge on any atom is 0.337 e. The van der Waals surface area contributed by atoms with Crippen molar-refractivity contribution in [3.05, 3.63) is 52.4 Å². The zero-order valence-electron chi connectivity index (χ0n) is 20.9. The van der Waals surface area contributed by atoms with E-state index in [4.69, 9.17) is 14.2 Å². The molecule has 1 heterocycles. The Kier molecular flexibility index (Phi) is 8.18. The quantitative estimate of drug-likeness (QED) is 0.342. The molecular formula is C27H35NO6. The van der Waals surface area contributed by atoms with Crippen molar-refractivity contribution in [3.63, 3.8) is 0 Å². The van der Waals surface area contributed by atoms with Crippen LogP contribution in [0.1, 0.15) is 65.4 Å². The molecule has 0 spiro atoms. The minimum absolute atomic E-state index is 0.236. The summed E-state index contributed by atoms with van der Waals surface area (Å²) in [5.74, 6) is -2.66. The summed E-state index contributed by atoms with van der Waals surface area (Å²) in [7, 11) is 1.29. The molecule has 1 aromatic rings. The van der Waals surface area contributed by atoms with Crippen LogP contribution in [0.15, 0.2) is 46.8 Å². The van der Waals surface area contributed by atoms with Gasteiger partial charge in [0.25, 0.3) is 0 Å². The Bertz CT molecular complexity index is 1020. The fourth-order valence-corrected chi connectivity index (χ4v) is 4.72. The molecule has 0 aromatic heterocycles. The minimum Gasteiger partial charge on any atom is -0.493 e. The van der Waals surface area contributed by atoms with Crippen molar-refractivity contribution >= 4 is 17.7 Å². The number of Topliss-reactive ketones (excluding diaryl/α,β-unsaturated/α-hetero) is 1. The molecule has 34 heavy (non-hydrogen) atoms. The fraction of sp³-hybridized carbons (Fsp3) is 0.519. The van der Waals surface area contributed by atoms with Gasteiger partial charge >= 0.3 is 11.9 Å². The molecule has 0 amide bonds. The lowest BCUT2D eigenvalue weighted by molar-refractivity contribution is -0.151. The van der Waals surface area contributed by atoms with E-state index in [0.29, 0.717) is 41.2 Å². The number of hydrogen-bond acceptors (Lipinski definition) is 7. The highest BCUT2D eigenvalue weighted by molar-refractivity contribution is 6.12. The molecule has 0 saturated heterocycles. The first-order valence-electron chi connectivity index (χ1n) is 12.0. The summed E-state index contributed by atoms with van der Waals surface area (Å²) < 4.78 is 16.6. The van der Waals surface area contributed by atoms with Crippen LogP contribution in [0.4, 0.5) is 0 Å². The molecule has 1 N–H and O–H groups in total. The number of dihydropyridines is 1. The molecule has 2 aliphatic rings. The molecule has 7 heteroatoms. The normalized spacial score (nSPS) is 22.3. The molecule has 1 aliphatic heterocycles. The molecule has 0 saturated carbocycles. The van der Waals surface area contributed by atoms with Crippen molar-refractivity contribution in [3.8, 4) is 5.75 Å². The molecule has 1 aliphatic carbocycles. The molecule has 3 rings (SSSR count). The topological polar surface area (TPSA) is 90.9 Å². The van der Waals surface area contributed by atoms with Gasteiger partial charge in [-0.1, -0.05) is 38.5 Å². The number of ether oxygens (including phenoxy) is 3. The van der Waals surface area contributed by atoms with Crippen molar-refractivity contribution in [1.29, 1.82) is 0 Å². The summed E-state index contributed by atoms with van der Waals surface area (Å²) in [5.41, 5.74) is 2.82. The first-order chi connectivity index (χ1) is 16.2. The van der Waals surface area contributed by atoms with Gasteiger partial charge in [0.2, 0.25) is 0 Å². The third kappa shape index (κ3) is 5.03. The highest BCUT2D eigenvalue weighted by atomic mass is 16.5. The zero-order valence-corrected chi connectivity index (χ0v) is 20.9. The molecule has 0 bridgehead atoms. The van der Waals surface area contributed by atoms with E-state index in [1.807, 2.05) is 38.1 Å². The van der Waals surface area contributed by atoms with E-state index < -0.39 is 23.8 Å². The Morgan fingerprint density at radius 2 is 1.91 bits per heavy atom. The predicted octanol–water partition coefficient (Wildman–Crippen LogP) is 4.43.